The molecule has 0 aliphatic heterocycles. The van der Waals surface area contributed by atoms with Crippen LogP contribution in [0.15, 0.2) is 120 Å². The maximum absolute atomic E-state index is 6.12. The summed E-state index contributed by atoms with van der Waals surface area (Å²) in [6.45, 7) is 0. The highest BCUT2D eigenvalue weighted by atomic mass is 16.3. The Kier molecular flexibility index (Phi) is 3.96. The van der Waals surface area contributed by atoms with Crippen LogP contribution in [0.2, 0.25) is 0 Å². The Morgan fingerprint density at radius 3 is 1.79 bits per heavy atom. The van der Waals surface area contributed by atoms with Crippen molar-refractivity contribution in [2.45, 2.75) is 0 Å². The third kappa shape index (κ3) is 2.77. The van der Waals surface area contributed by atoms with Gasteiger partial charge in [-0.05, 0) is 48.5 Å². The average Bonchev–Trinajstić information content (AvgIpc) is 3.63. The highest BCUT2D eigenvalue weighted by Crippen LogP contribution is 2.40. The predicted molar refractivity (Wildman–Crippen MR) is 156 cm³/mol. The maximum atomic E-state index is 6.12. The molecular weight excluding hydrogens is 482 g/mol. The molecule has 0 amide bonds. The van der Waals surface area contributed by atoms with Gasteiger partial charge in [0.2, 0.25) is 5.95 Å². The molecule has 4 heterocycles. The number of aromatic nitrogens is 5. The number of furan rings is 1. The van der Waals surface area contributed by atoms with Gasteiger partial charge in [-0.15, -0.1) is 0 Å². The summed E-state index contributed by atoms with van der Waals surface area (Å²) < 4.78 is 10.6. The Hall–Kier alpha value is -5.49. The van der Waals surface area contributed by atoms with Crippen molar-refractivity contribution in [3.05, 3.63) is 116 Å². The lowest BCUT2D eigenvalue weighted by Crippen LogP contribution is -2.00. The minimum atomic E-state index is 0.608. The van der Waals surface area contributed by atoms with E-state index in [2.05, 4.69) is 115 Å². The molecule has 6 nitrogen and oxygen atoms in total. The minimum Gasteiger partial charge on any atom is -0.456 e. The first kappa shape index (κ1) is 20.6. The van der Waals surface area contributed by atoms with Crippen molar-refractivity contribution in [2.24, 2.45) is 0 Å². The molecule has 182 valence electrons. The van der Waals surface area contributed by atoms with Crippen LogP contribution in [0, 0.1) is 0 Å². The van der Waals surface area contributed by atoms with Crippen LogP contribution in [-0.2, 0) is 0 Å². The van der Waals surface area contributed by atoms with Crippen LogP contribution >= 0.6 is 0 Å². The van der Waals surface area contributed by atoms with Gasteiger partial charge in [-0.2, -0.15) is 0 Å². The Morgan fingerprint density at radius 2 is 1.05 bits per heavy atom. The first-order valence-corrected chi connectivity index (χ1v) is 12.9. The molecule has 6 heteroatoms. The Balaban J connectivity index is 1.43. The molecule has 0 saturated heterocycles. The van der Waals surface area contributed by atoms with E-state index in [0.717, 1.165) is 60.5 Å². The lowest BCUT2D eigenvalue weighted by Gasteiger charge is -2.09. The van der Waals surface area contributed by atoms with Gasteiger partial charge in [-0.25, -0.2) is 15.0 Å². The maximum Gasteiger partial charge on any atom is 0.237 e. The van der Waals surface area contributed by atoms with Gasteiger partial charge >= 0.3 is 0 Å². The Morgan fingerprint density at radius 1 is 0.462 bits per heavy atom. The van der Waals surface area contributed by atoms with E-state index in [0.29, 0.717) is 5.95 Å². The van der Waals surface area contributed by atoms with Gasteiger partial charge in [-0.3, -0.25) is 4.57 Å². The first-order chi connectivity index (χ1) is 19.3. The molecule has 4 aromatic heterocycles. The molecule has 9 aromatic rings. The fourth-order valence-electron chi connectivity index (χ4n) is 6.13. The van der Waals surface area contributed by atoms with Gasteiger partial charge in [0.25, 0.3) is 0 Å². The van der Waals surface area contributed by atoms with E-state index in [9.17, 15) is 0 Å². The normalized spacial score (nSPS) is 12.1. The molecular formula is C33H19N5O. The van der Waals surface area contributed by atoms with Gasteiger partial charge in [0, 0.05) is 38.0 Å². The molecule has 0 unspecified atom stereocenters. The van der Waals surface area contributed by atoms with Crippen LogP contribution in [0.3, 0.4) is 0 Å². The van der Waals surface area contributed by atoms with Gasteiger partial charge < -0.3 is 8.98 Å². The van der Waals surface area contributed by atoms with Crippen molar-refractivity contribution in [3.63, 3.8) is 0 Å². The summed E-state index contributed by atoms with van der Waals surface area (Å²) in [4.78, 5) is 13.0. The zero-order chi connectivity index (χ0) is 25.5. The smallest absolute Gasteiger partial charge is 0.237 e. The van der Waals surface area contributed by atoms with Crippen molar-refractivity contribution in [2.75, 3.05) is 0 Å². The monoisotopic (exact) mass is 501 g/mol. The molecule has 0 bridgehead atoms. The third-order valence-electron chi connectivity index (χ3n) is 7.76. The second-order valence-electron chi connectivity index (χ2n) is 9.81. The highest BCUT2D eigenvalue weighted by Gasteiger charge is 2.19. The molecule has 0 atom stereocenters. The van der Waals surface area contributed by atoms with E-state index in [4.69, 9.17) is 4.42 Å². The number of fused-ring (bicyclic) bond motifs is 9. The van der Waals surface area contributed by atoms with E-state index < -0.39 is 0 Å². The van der Waals surface area contributed by atoms with E-state index in [1.807, 2.05) is 12.1 Å². The standard InChI is InChI=1S/C33H19N5O/c1-4-10-27-21(7-1)24-17-30-25(22-8-2-5-11-28(22)38(30)33-35-18-34-19-36-33)16-29(24)37(27)20-13-14-32-26(15-20)23-9-3-6-12-31(23)39-32/h1-19H. The van der Waals surface area contributed by atoms with Crippen molar-refractivity contribution in [1.82, 2.24) is 24.1 Å². The summed E-state index contributed by atoms with van der Waals surface area (Å²) in [6, 6.07) is 36.3. The molecule has 0 aliphatic carbocycles. The third-order valence-corrected chi connectivity index (χ3v) is 7.76. The molecule has 0 spiro atoms. The van der Waals surface area contributed by atoms with Crippen LogP contribution < -0.4 is 0 Å². The van der Waals surface area contributed by atoms with Crippen LogP contribution in [0.25, 0.3) is 77.2 Å². The summed E-state index contributed by atoms with van der Waals surface area (Å²) >= 11 is 0. The SMILES string of the molecule is c1ccc2c(c1)oc1ccc(-n3c4ccccc4c4cc5c(cc43)c3ccccc3n5-c3ncncn3)cc12. The van der Waals surface area contributed by atoms with Crippen molar-refractivity contribution in [1.29, 1.82) is 0 Å². The summed E-state index contributed by atoms with van der Waals surface area (Å²) in [6.07, 6.45) is 3.09. The Labute approximate surface area is 221 Å². The van der Waals surface area contributed by atoms with Crippen molar-refractivity contribution >= 4 is 65.6 Å². The number of para-hydroxylation sites is 3. The number of rotatable bonds is 2. The lowest BCUT2D eigenvalue weighted by molar-refractivity contribution is 0.669. The lowest BCUT2D eigenvalue weighted by atomic mass is 10.1. The highest BCUT2D eigenvalue weighted by molar-refractivity contribution is 6.19. The second kappa shape index (κ2) is 7.52. The largest absolute Gasteiger partial charge is 0.456 e. The second-order valence-corrected chi connectivity index (χ2v) is 9.81. The van der Waals surface area contributed by atoms with Crippen LogP contribution in [0.1, 0.15) is 0 Å². The molecule has 5 aromatic carbocycles. The summed E-state index contributed by atoms with van der Waals surface area (Å²) in [5.41, 5.74) is 7.32. The van der Waals surface area contributed by atoms with E-state index in [1.54, 1.807) is 12.7 Å². The zero-order valence-corrected chi connectivity index (χ0v) is 20.6. The topological polar surface area (TPSA) is 61.7 Å². The van der Waals surface area contributed by atoms with Crippen molar-refractivity contribution < 1.29 is 4.42 Å². The van der Waals surface area contributed by atoms with Gasteiger partial charge in [0.1, 0.15) is 23.8 Å². The molecule has 0 N–H and O–H groups in total. The summed E-state index contributed by atoms with van der Waals surface area (Å²) in [5, 5.41) is 6.91. The van der Waals surface area contributed by atoms with Gasteiger partial charge in [0.15, 0.2) is 0 Å². The number of benzene rings is 5. The average molecular weight is 502 g/mol. The van der Waals surface area contributed by atoms with Crippen molar-refractivity contribution in [3.8, 4) is 11.6 Å². The fraction of sp³-hybridized carbons (Fsp3) is 0. The van der Waals surface area contributed by atoms with E-state index in [1.165, 1.54) is 10.8 Å². The predicted octanol–water partition coefficient (Wildman–Crippen LogP) is 7.97. The summed E-state index contributed by atoms with van der Waals surface area (Å²) in [7, 11) is 0. The molecule has 0 radical (unpaired) electrons. The molecule has 0 saturated carbocycles. The first-order valence-electron chi connectivity index (χ1n) is 12.9. The molecule has 0 fully saturated rings. The van der Waals surface area contributed by atoms with E-state index in [-0.39, 0.29) is 0 Å². The molecule has 9 rings (SSSR count). The van der Waals surface area contributed by atoms with Crippen LogP contribution in [0.5, 0.6) is 0 Å². The zero-order valence-electron chi connectivity index (χ0n) is 20.6. The van der Waals surface area contributed by atoms with Crippen LogP contribution in [0.4, 0.5) is 0 Å². The number of hydrogen-bond acceptors (Lipinski definition) is 4. The van der Waals surface area contributed by atoms with Crippen LogP contribution in [-0.4, -0.2) is 24.1 Å². The quantitative estimate of drug-likeness (QED) is 0.241. The number of nitrogens with zero attached hydrogens (tertiary/aromatic N) is 5. The van der Waals surface area contributed by atoms with Gasteiger partial charge in [-0.1, -0.05) is 54.6 Å². The van der Waals surface area contributed by atoms with E-state index >= 15 is 0 Å². The molecule has 39 heavy (non-hydrogen) atoms. The molecule has 0 aliphatic rings. The minimum absolute atomic E-state index is 0.608. The fourth-order valence-corrected chi connectivity index (χ4v) is 6.13. The Bertz CT molecular complexity index is 2400. The number of hydrogen-bond donors (Lipinski definition) is 0. The summed E-state index contributed by atoms with van der Waals surface area (Å²) in [5.74, 6) is 0.608. The van der Waals surface area contributed by atoms with Gasteiger partial charge in [0.05, 0.1) is 22.1 Å².